The Hall–Kier alpha value is -2.41. The summed E-state index contributed by atoms with van der Waals surface area (Å²) < 4.78 is 0. The summed E-state index contributed by atoms with van der Waals surface area (Å²) in [5.74, 6) is -2.53. The zero-order valence-corrected chi connectivity index (χ0v) is 15.8. The molecule has 1 aromatic carbocycles. The lowest BCUT2D eigenvalue weighted by Gasteiger charge is -2.25. The predicted molar refractivity (Wildman–Crippen MR) is 102 cm³/mol. The van der Waals surface area contributed by atoms with Crippen molar-refractivity contribution in [3.63, 3.8) is 0 Å². The lowest BCUT2D eigenvalue weighted by molar-refractivity contribution is -0.140. The van der Waals surface area contributed by atoms with E-state index in [1.54, 1.807) is 38.1 Å². The fourth-order valence-electron chi connectivity index (χ4n) is 4.00. The largest absolute Gasteiger partial charge is 0.481 e. The molecule has 1 aliphatic heterocycles. The van der Waals surface area contributed by atoms with Crippen molar-refractivity contribution in [3.05, 3.63) is 24.3 Å². The Morgan fingerprint density at radius 3 is 2.30 bits per heavy atom. The number of anilines is 2. The number of carboxylic acids is 1. The molecule has 2 aliphatic rings. The summed E-state index contributed by atoms with van der Waals surface area (Å²) in [5, 5.41) is 14.9. The predicted octanol–water partition coefficient (Wildman–Crippen LogP) is 2.41. The number of carboxylic acid groups (broad SMARTS) is 1. The van der Waals surface area contributed by atoms with Crippen LogP contribution in [0.3, 0.4) is 0 Å². The van der Waals surface area contributed by atoms with E-state index in [9.17, 15) is 19.5 Å². The maximum Gasteiger partial charge on any atom is 0.307 e. The molecule has 2 amide bonds. The van der Waals surface area contributed by atoms with Gasteiger partial charge in [-0.05, 0) is 49.5 Å². The van der Waals surface area contributed by atoms with Crippen molar-refractivity contribution in [2.45, 2.75) is 33.1 Å². The Bertz CT molecular complexity index is 740. The standard InChI is InChI=1S/C20H27N3O4/c1-20(2)16(17(20)19(26)27)18(25)22-14-8-6-7-13(11-14)21-15(24)12-23-9-4-3-5-10-23/h6-8,11,16-17H,3-5,9-10,12H2,1-2H3,(H,21,24)(H,22,25)(H,26,27)/t16-,17-/m1/s1. The average Bonchev–Trinajstić information content (AvgIpc) is 3.19. The highest BCUT2D eigenvalue weighted by molar-refractivity contribution is 6.00. The van der Waals surface area contributed by atoms with E-state index in [-0.39, 0.29) is 11.8 Å². The van der Waals surface area contributed by atoms with Gasteiger partial charge in [-0.3, -0.25) is 19.3 Å². The molecule has 0 radical (unpaired) electrons. The minimum Gasteiger partial charge on any atom is -0.481 e. The molecule has 146 valence electrons. The summed E-state index contributed by atoms with van der Waals surface area (Å²) in [5.41, 5.74) is 0.609. The Morgan fingerprint density at radius 2 is 1.70 bits per heavy atom. The van der Waals surface area contributed by atoms with Crippen molar-refractivity contribution >= 4 is 29.2 Å². The lowest BCUT2D eigenvalue weighted by atomic mass is 10.1. The molecule has 0 aromatic heterocycles. The molecule has 1 aromatic rings. The van der Waals surface area contributed by atoms with Crippen molar-refractivity contribution in [1.29, 1.82) is 0 Å². The molecule has 0 spiro atoms. The minimum absolute atomic E-state index is 0.0744. The summed E-state index contributed by atoms with van der Waals surface area (Å²) in [6.45, 7) is 5.84. The normalized spacial score (nSPS) is 24.1. The molecule has 7 nitrogen and oxygen atoms in total. The van der Waals surface area contributed by atoms with E-state index in [2.05, 4.69) is 15.5 Å². The van der Waals surface area contributed by atoms with Crippen molar-refractivity contribution < 1.29 is 19.5 Å². The monoisotopic (exact) mass is 373 g/mol. The number of hydrogen-bond donors (Lipinski definition) is 3. The first kappa shape index (κ1) is 19.4. The molecule has 2 fully saturated rings. The van der Waals surface area contributed by atoms with Gasteiger partial charge in [-0.25, -0.2) is 0 Å². The smallest absolute Gasteiger partial charge is 0.307 e. The third-order valence-corrected chi connectivity index (χ3v) is 5.61. The van der Waals surface area contributed by atoms with Gasteiger partial charge >= 0.3 is 5.97 Å². The van der Waals surface area contributed by atoms with Crippen molar-refractivity contribution in [3.8, 4) is 0 Å². The number of hydrogen-bond acceptors (Lipinski definition) is 4. The van der Waals surface area contributed by atoms with Gasteiger partial charge in [-0.2, -0.15) is 0 Å². The summed E-state index contributed by atoms with van der Waals surface area (Å²) in [4.78, 5) is 38.1. The van der Waals surface area contributed by atoms with E-state index in [4.69, 9.17) is 0 Å². The fraction of sp³-hybridized carbons (Fsp3) is 0.550. The van der Waals surface area contributed by atoms with Crippen LogP contribution in [0, 0.1) is 17.3 Å². The van der Waals surface area contributed by atoms with Gasteiger partial charge in [-0.15, -0.1) is 0 Å². The third kappa shape index (κ3) is 4.47. The molecule has 1 aliphatic carbocycles. The molecule has 3 N–H and O–H groups in total. The molecule has 2 atom stereocenters. The first-order valence-electron chi connectivity index (χ1n) is 9.45. The SMILES string of the molecule is CC1(C)[C@@H](C(=O)O)[C@@H]1C(=O)Nc1cccc(NC(=O)CN2CCCCC2)c1. The second kappa shape index (κ2) is 7.68. The molecule has 1 saturated carbocycles. The molecule has 3 rings (SSSR count). The summed E-state index contributed by atoms with van der Waals surface area (Å²) in [7, 11) is 0. The van der Waals surface area contributed by atoms with Crippen LogP contribution >= 0.6 is 0 Å². The molecule has 1 saturated heterocycles. The minimum atomic E-state index is -0.945. The van der Waals surface area contributed by atoms with Crippen LogP contribution in [-0.4, -0.2) is 47.4 Å². The van der Waals surface area contributed by atoms with Gasteiger partial charge in [0.05, 0.1) is 18.4 Å². The van der Waals surface area contributed by atoms with Crippen LogP contribution in [0.4, 0.5) is 11.4 Å². The van der Waals surface area contributed by atoms with Gasteiger partial charge < -0.3 is 15.7 Å². The van der Waals surface area contributed by atoms with E-state index in [1.807, 2.05) is 0 Å². The summed E-state index contributed by atoms with van der Waals surface area (Å²) in [6, 6.07) is 6.93. The third-order valence-electron chi connectivity index (χ3n) is 5.61. The topological polar surface area (TPSA) is 98.7 Å². The van der Waals surface area contributed by atoms with Crippen LogP contribution in [0.1, 0.15) is 33.1 Å². The number of aliphatic carboxylic acids is 1. The Kier molecular flexibility index (Phi) is 5.51. The zero-order chi connectivity index (χ0) is 19.6. The molecular weight excluding hydrogens is 346 g/mol. The number of amides is 2. The van der Waals surface area contributed by atoms with Gasteiger partial charge in [0, 0.05) is 11.4 Å². The molecule has 1 heterocycles. The van der Waals surface area contributed by atoms with Gasteiger partial charge in [0.25, 0.3) is 0 Å². The van der Waals surface area contributed by atoms with E-state index in [0.29, 0.717) is 17.9 Å². The zero-order valence-electron chi connectivity index (χ0n) is 15.8. The molecule has 0 unspecified atom stereocenters. The Labute approximate surface area is 159 Å². The number of carbonyl (C=O) groups is 3. The van der Waals surface area contributed by atoms with Crippen LogP contribution in [0.25, 0.3) is 0 Å². The number of nitrogens with zero attached hydrogens (tertiary/aromatic N) is 1. The number of benzene rings is 1. The van der Waals surface area contributed by atoms with Crippen LogP contribution in [-0.2, 0) is 14.4 Å². The Morgan fingerprint density at radius 1 is 1.07 bits per heavy atom. The van der Waals surface area contributed by atoms with E-state index in [0.717, 1.165) is 25.9 Å². The average molecular weight is 373 g/mol. The van der Waals surface area contributed by atoms with E-state index < -0.39 is 23.2 Å². The molecule has 7 heteroatoms. The number of rotatable bonds is 6. The highest BCUT2D eigenvalue weighted by Gasteiger charge is 2.65. The van der Waals surface area contributed by atoms with Crippen LogP contribution < -0.4 is 10.6 Å². The molecule has 27 heavy (non-hydrogen) atoms. The van der Waals surface area contributed by atoms with E-state index in [1.165, 1.54) is 6.42 Å². The summed E-state index contributed by atoms with van der Waals surface area (Å²) in [6.07, 6.45) is 3.48. The highest BCUT2D eigenvalue weighted by Crippen LogP contribution is 2.58. The number of nitrogens with one attached hydrogen (secondary N) is 2. The van der Waals surface area contributed by atoms with Gasteiger partial charge in [0.2, 0.25) is 11.8 Å². The number of piperidine rings is 1. The number of likely N-dealkylation sites (tertiary alicyclic amines) is 1. The van der Waals surface area contributed by atoms with Crippen LogP contribution in [0.15, 0.2) is 24.3 Å². The maximum atomic E-state index is 12.4. The lowest BCUT2D eigenvalue weighted by Crippen LogP contribution is -2.36. The van der Waals surface area contributed by atoms with Crippen molar-refractivity contribution in [2.75, 3.05) is 30.3 Å². The van der Waals surface area contributed by atoms with E-state index >= 15 is 0 Å². The summed E-state index contributed by atoms with van der Waals surface area (Å²) >= 11 is 0. The quantitative estimate of drug-likeness (QED) is 0.711. The van der Waals surface area contributed by atoms with Crippen molar-refractivity contribution in [1.82, 2.24) is 4.90 Å². The fourth-order valence-corrected chi connectivity index (χ4v) is 4.00. The second-order valence-corrected chi connectivity index (χ2v) is 8.07. The maximum absolute atomic E-state index is 12.4. The first-order valence-corrected chi connectivity index (χ1v) is 9.45. The molecular formula is C20H27N3O4. The Balaban J connectivity index is 1.56. The molecule has 0 bridgehead atoms. The van der Waals surface area contributed by atoms with Crippen molar-refractivity contribution in [2.24, 2.45) is 17.3 Å². The van der Waals surface area contributed by atoms with Gasteiger partial charge in [0.1, 0.15) is 0 Å². The van der Waals surface area contributed by atoms with Crippen LogP contribution in [0.5, 0.6) is 0 Å². The highest BCUT2D eigenvalue weighted by atomic mass is 16.4. The van der Waals surface area contributed by atoms with Crippen LogP contribution in [0.2, 0.25) is 0 Å². The first-order chi connectivity index (χ1) is 12.8. The van der Waals surface area contributed by atoms with Gasteiger partial charge in [0.15, 0.2) is 0 Å². The second-order valence-electron chi connectivity index (χ2n) is 8.07. The number of carbonyl (C=O) groups excluding carboxylic acids is 2. The van der Waals surface area contributed by atoms with Gasteiger partial charge in [-0.1, -0.05) is 26.3 Å².